The first-order chi connectivity index (χ1) is 8.46. The molecule has 0 saturated heterocycles. The van der Waals surface area contributed by atoms with Gasteiger partial charge >= 0.3 is 0 Å². The molecule has 0 spiro atoms. The zero-order chi connectivity index (χ0) is 14.1. The maximum atomic E-state index is 6.19. The molecule has 0 aliphatic rings. The topological polar surface area (TPSA) is 52.0 Å². The molecule has 104 valence electrons. The Labute approximate surface area is 113 Å². The molecular formula is C16H30N2. The molecule has 2 heteroatoms. The zero-order valence-corrected chi connectivity index (χ0v) is 12.7. The van der Waals surface area contributed by atoms with Crippen molar-refractivity contribution in [2.24, 2.45) is 17.4 Å². The molecule has 0 heterocycles. The van der Waals surface area contributed by atoms with E-state index in [9.17, 15) is 0 Å². The summed E-state index contributed by atoms with van der Waals surface area (Å²) in [5.74, 6) is 0.594. The van der Waals surface area contributed by atoms with Crippen LogP contribution in [0.2, 0.25) is 0 Å². The molecule has 0 aromatic carbocycles. The van der Waals surface area contributed by atoms with Gasteiger partial charge in [-0.1, -0.05) is 31.9 Å². The highest BCUT2D eigenvalue weighted by Crippen LogP contribution is 2.22. The van der Waals surface area contributed by atoms with Crippen LogP contribution in [0, 0.1) is 5.92 Å². The summed E-state index contributed by atoms with van der Waals surface area (Å²) in [7, 11) is 0. The van der Waals surface area contributed by atoms with Gasteiger partial charge in [0.1, 0.15) is 0 Å². The Morgan fingerprint density at radius 1 is 1.11 bits per heavy atom. The molecule has 0 rings (SSSR count). The highest BCUT2D eigenvalue weighted by Gasteiger charge is 2.09. The lowest BCUT2D eigenvalue weighted by Gasteiger charge is -2.16. The van der Waals surface area contributed by atoms with Crippen LogP contribution in [0.15, 0.2) is 34.6 Å². The summed E-state index contributed by atoms with van der Waals surface area (Å²) in [6.45, 7) is 11.3. The number of hydrogen-bond acceptors (Lipinski definition) is 2. The Morgan fingerprint density at radius 2 is 1.72 bits per heavy atom. The molecule has 4 N–H and O–H groups in total. The molecule has 1 atom stereocenters. The van der Waals surface area contributed by atoms with E-state index in [0.29, 0.717) is 12.5 Å². The minimum Gasteiger partial charge on any atom is -0.399 e. The number of rotatable bonds is 7. The monoisotopic (exact) mass is 250 g/mol. The van der Waals surface area contributed by atoms with Crippen molar-refractivity contribution in [3.63, 3.8) is 0 Å². The molecular weight excluding hydrogens is 220 g/mol. The van der Waals surface area contributed by atoms with Crippen LogP contribution < -0.4 is 11.5 Å². The van der Waals surface area contributed by atoms with E-state index >= 15 is 0 Å². The third-order valence-electron chi connectivity index (χ3n) is 3.25. The quantitative estimate of drug-likeness (QED) is 0.673. The molecule has 18 heavy (non-hydrogen) atoms. The molecule has 0 amide bonds. The van der Waals surface area contributed by atoms with Gasteiger partial charge in [-0.3, -0.25) is 0 Å². The smallest absolute Gasteiger partial charge is 0.0309 e. The van der Waals surface area contributed by atoms with Crippen LogP contribution in [0.1, 0.15) is 53.9 Å². The van der Waals surface area contributed by atoms with Crippen molar-refractivity contribution in [2.75, 3.05) is 6.54 Å². The first-order valence-corrected chi connectivity index (χ1v) is 6.97. The normalized spacial score (nSPS) is 15.1. The van der Waals surface area contributed by atoms with Gasteiger partial charge < -0.3 is 11.5 Å². The van der Waals surface area contributed by atoms with Crippen molar-refractivity contribution in [3.05, 3.63) is 34.6 Å². The second kappa shape index (κ2) is 8.98. The van der Waals surface area contributed by atoms with E-state index in [-0.39, 0.29) is 0 Å². The zero-order valence-electron chi connectivity index (χ0n) is 12.7. The third-order valence-corrected chi connectivity index (χ3v) is 3.25. The third kappa shape index (κ3) is 6.06. The van der Waals surface area contributed by atoms with Crippen molar-refractivity contribution in [2.45, 2.75) is 53.9 Å². The van der Waals surface area contributed by atoms with Crippen molar-refractivity contribution >= 4 is 0 Å². The molecule has 1 unspecified atom stereocenters. The SMILES string of the molecule is CCCC(CC)/C(C)=C(N)/C=C(\C=C(C)C)CN. The molecule has 0 fully saturated rings. The predicted molar refractivity (Wildman–Crippen MR) is 82.1 cm³/mol. The summed E-state index contributed by atoms with van der Waals surface area (Å²) < 4.78 is 0. The second-order valence-corrected chi connectivity index (χ2v) is 5.18. The minimum absolute atomic E-state index is 0.531. The standard InChI is InChI=1S/C16H30N2/c1-6-8-15(7-2)13(5)16(18)10-14(11-17)9-12(3)4/h9-10,15H,6-8,11,17-18H2,1-5H3/b14-10+,16-13-. The summed E-state index contributed by atoms with van der Waals surface area (Å²) in [4.78, 5) is 0. The van der Waals surface area contributed by atoms with E-state index in [1.165, 1.54) is 24.0 Å². The van der Waals surface area contributed by atoms with E-state index in [4.69, 9.17) is 11.5 Å². The maximum absolute atomic E-state index is 6.19. The van der Waals surface area contributed by atoms with Crippen molar-refractivity contribution < 1.29 is 0 Å². The Bertz CT molecular complexity index is 331. The highest BCUT2D eigenvalue weighted by atomic mass is 14.6. The molecule has 0 radical (unpaired) electrons. The lowest BCUT2D eigenvalue weighted by atomic mass is 9.91. The number of allylic oxidation sites excluding steroid dienone is 3. The Balaban J connectivity index is 5.13. The minimum atomic E-state index is 0.531. The van der Waals surface area contributed by atoms with Gasteiger partial charge in [0.25, 0.3) is 0 Å². The van der Waals surface area contributed by atoms with Gasteiger partial charge in [0.15, 0.2) is 0 Å². The van der Waals surface area contributed by atoms with Crippen LogP contribution >= 0.6 is 0 Å². The van der Waals surface area contributed by atoms with Gasteiger partial charge in [-0.05, 0) is 56.8 Å². The molecule has 0 bridgehead atoms. The number of hydrogen-bond donors (Lipinski definition) is 2. The van der Waals surface area contributed by atoms with Gasteiger partial charge in [0.2, 0.25) is 0 Å². The summed E-state index contributed by atoms with van der Waals surface area (Å²) >= 11 is 0. The van der Waals surface area contributed by atoms with Gasteiger partial charge in [-0.15, -0.1) is 0 Å². The molecule has 0 aromatic heterocycles. The first kappa shape index (κ1) is 17.0. The fraction of sp³-hybridized carbons (Fsp3) is 0.625. The summed E-state index contributed by atoms with van der Waals surface area (Å²) in [5.41, 5.74) is 16.5. The molecule has 2 nitrogen and oxygen atoms in total. The van der Waals surface area contributed by atoms with Crippen LogP contribution in [-0.4, -0.2) is 6.54 Å². The van der Waals surface area contributed by atoms with Gasteiger partial charge in [0, 0.05) is 12.2 Å². The van der Waals surface area contributed by atoms with Crippen LogP contribution in [0.25, 0.3) is 0 Å². The summed E-state index contributed by atoms with van der Waals surface area (Å²) in [6.07, 6.45) is 7.68. The van der Waals surface area contributed by atoms with Crippen LogP contribution in [0.4, 0.5) is 0 Å². The lowest BCUT2D eigenvalue weighted by Crippen LogP contribution is -2.10. The van der Waals surface area contributed by atoms with Crippen LogP contribution in [0.3, 0.4) is 0 Å². The van der Waals surface area contributed by atoms with Crippen LogP contribution in [0.5, 0.6) is 0 Å². The van der Waals surface area contributed by atoms with E-state index in [0.717, 1.165) is 17.7 Å². The summed E-state index contributed by atoms with van der Waals surface area (Å²) in [5, 5.41) is 0. The highest BCUT2D eigenvalue weighted by molar-refractivity contribution is 5.33. The van der Waals surface area contributed by atoms with Gasteiger partial charge in [-0.2, -0.15) is 0 Å². The molecule has 0 aliphatic heterocycles. The fourth-order valence-corrected chi connectivity index (χ4v) is 2.15. The van der Waals surface area contributed by atoms with E-state index < -0.39 is 0 Å². The van der Waals surface area contributed by atoms with Crippen molar-refractivity contribution in [1.29, 1.82) is 0 Å². The first-order valence-electron chi connectivity index (χ1n) is 6.97. The largest absolute Gasteiger partial charge is 0.399 e. The average molecular weight is 250 g/mol. The number of nitrogens with two attached hydrogens (primary N) is 2. The molecule has 0 aromatic rings. The van der Waals surface area contributed by atoms with E-state index in [1.807, 2.05) is 6.08 Å². The van der Waals surface area contributed by atoms with Crippen molar-refractivity contribution in [1.82, 2.24) is 0 Å². The lowest BCUT2D eigenvalue weighted by molar-refractivity contribution is 0.530. The van der Waals surface area contributed by atoms with Crippen molar-refractivity contribution in [3.8, 4) is 0 Å². The molecule has 0 aliphatic carbocycles. The maximum Gasteiger partial charge on any atom is 0.0309 e. The second-order valence-electron chi connectivity index (χ2n) is 5.18. The Kier molecular flexibility index (Phi) is 8.47. The van der Waals surface area contributed by atoms with Gasteiger partial charge in [-0.25, -0.2) is 0 Å². The van der Waals surface area contributed by atoms with Gasteiger partial charge in [0.05, 0.1) is 0 Å². The molecule has 0 saturated carbocycles. The summed E-state index contributed by atoms with van der Waals surface area (Å²) in [6, 6.07) is 0. The average Bonchev–Trinajstić information content (AvgIpc) is 2.33. The van der Waals surface area contributed by atoms with E-state index in [2.05, 4.69) is 40.7 Å². The Morgan fingerprint density at radius 3 is 2.11 bits per heavy atom. The fourth-order valence-electron chi connectivity index (χ4n) is 2.15. The van der Waals surface area contributed by atoms with E-state index in [1.54, 1.807) is 0 Å². The predicted octanol–water partition coefficient (Wildman–Crippen LogP) is 3.90. The Hall–Kier alpha value is -1.02. The van der Waals surface area contributed by atoms with Crippen LogP contribution in [-0.2, 0) is 0 Å².